The van der Waals surface area contributed by atoms with E-state index in [0.29, 0.717) is 26.1 Å². The minimum atomic E-state index is -4.88. The first-order chi connectivity index (χ1) is 13.4. The molecule has 0 aliphatic carbocycles. The number of halogens is 2. The summed E-state index contributed by atoms with van der Waals surface area (Å²) < 4.78 is 55.2. The number of amides is 1. The highest BCUT2D eigenvalue weighted by atomic mass is 32.2. The molecule has 1 fully saturated rings. The van der Waals surface area contributed by atoms with Gasteiger partial charge >= 0.3 is 5.76 Å². The molecule has 0 atom stereocenters. The summed E-state index contributed by atoms with van der Waals surface area (Å²) in [7, 11) is -4.88. The van der Waals surface area contributed by atoms with Crippen LogP contribution in [0.15, 0.2) is 59.5 Å². The summed E-state index contributed by atoms with van der Waals surface area (Å²) in [6.45, 7) is 1.34. The van der Waals surface area contributed by atoms with Crippen molar-refractivity contribution in [2.75, 3.05) is 19.8 Å². The number of nitrogens with one attached hydrogen (secondary N) is 1. The molecule has 150 valence electrons. The second-order valence-corrected chi connectivity index (χ2v) is 8.63. The van der Waals surface area contributed by atoms with Crippen LogP contribution in [0.1, 0.15) is 28.8 Å². The van der Waals surface area contributed by atoms with Gasteiger partial charge in [-0.25, -0.2) is 8.42 Å². The topological polar surface area (TPSA) is 72.5 Å². The molecule has 1 heterocycles. The second-order valence-electron chi connectivity index (χ2n) is 6.74. The highest BCUT2D eigenvalue weighted by molar-refractivity contribution is 7.91. The first-order valence-electron chi connectivity index (χ1n) is 8.89. The molecule has 0 radical (unpaired) electrons. The molecule has 1 N–H and O–H groups in total. The van der Waals surface area contributed by atoms with Crippen molar-refractivity contribution in [1.29, 1.82) is 0 Å². The molecule has 0 unspecified atom stereocenters. The van der Waals surface area contributed by atoms with E-state index in [1.54, 1.807) is 0 Å². The van der Waals surface area contributed by atoms with E-state index >= 15 is 0 Å². The molecule has 8 heteroatoms. The number of sulfone groups is 1. The summed E-state index contributed by atoms with van der Waals surface area (Å²) in [6.07, 6.45) is 1.38. The van der Waals surface area contributed by atoms with Crippen molar-refractivity contribution in [1.82, 2.24) is 5.32 Å². The predicted octanol–water partition coefficient (Wildman–Crippen LogP) is 3.16. The van der Waals surface area contributed by atoms with Gasteiger partial charge in [0.2, 0.25) is 9.84 Å². The molecule has 0 aromatic heterocycles. The van der Waals surface area contributed by atoms with Crippen molar-refractivity contribution >= 4 is 15.7 Å². The van der Waals surface area contributed by atoms with Gasteiger partial charge in [0.05, 0.1) is 10.5 Å². The van der Waals surface area contributed by atoms with E-state index in [9.17, 15) is 22.0 Å². The Balaban J connectivity index is 1.86. The van der Waals surface area contributed by atoms with Gasteiger partial charge in [-0.15, -0.1) is 0 Å². The number of hydrogen-bond donors (Lipinski definition) is 1. The first-order valence-corrected chi connectivity index (χ1v) is 10.4. The maximum absolute atomic E-state index is 13.0. The van der Waals surface area contributed by atoms with Gasteiger partial charge in [0.15, 0.2) is 0 Å². The summed E-state index contributed by atoms with van der Waals surface area (Å²) in [5, 5.41) is 2.76. The maximum Gasteiger partial charge on any atom is 0.341 e. The third kappa shape index (κ3) is 4.07. The zero-order valence-corrected chi connectivity index (χ0v) is 15.9. The molecule has 2 aromatic carbocycles. The zero-order chi connectivity index (χ0) is 20.2. The lowest BCUT2D eigenvalue weighted by molar-refractivity contribution is 0.0487. The molecule has 3 rings (SSSR count). The molecule has 0 spiro atoms. The number of alkyl halides is 2. The number of rotatable bonds is 6. The van der Waals surface area contributed by atoms with Gasteiger partial charge in [-0.05, 0) is 30.5 Å². The normalized spacial score (nSPS) is 16.7. The van der Waals surface area contributed by atoms with Gasteiger partial charge in [0, 0.05) is 25.2 Å². The third-order valence-electron chi connectivity index (χ3n) is 5.10. The fourth-order valence-corrected chi connectivity index (χ4v) is 4.39. The lowest BCUT2D eigenvalue weighted by Gasteiger charge is -2.38. The highest BCUT2D eigenvalue weighted by Gasteiger charge is 2.36. The molecule has 1 saturated heterocycles. The Morgan fingerprint density at radius 2 is 1.64 bits per heavy atom. The molecule has 28 heavy (non-hydrogen) atoms. The SMILES string of the molecule is O=C(NCC1(c2ccccc2)CCOCC1)c1ccccc1S(=O)(=O)C(F)F. The van der Waals surface area contributed by atoms with Crippen LogP contribution in [0.5, 0.6) is 0 Å². The van der Waals surface area contributed by atoms with Crippen molar-refractivity contribution in [3.8, 4) is 0 Å². The van der Waals surface area contributed by atoms with Crippen molar-refractivity contribution in [2.45, 2.75) is 28.9 Å². The fourth-order valence-electron chi connectivity index (χ4n) is 3.46. The van der Waals surface area contributed by atoms with Crippen molar-refractivity contribution in [3.63, 3.8) is 0 Å². The van der Waals surface area contributed by atoms with Crippen LogP contribution in [0.3, 0.4) is 0 Å². The number of benzene rings is 2. The number of hydrogen-bond acceptors (Lipinski definition) is 4. The minimum absolute atomic E-state index is 0.252. The number of carbonyl (C=O) groups is 1. The lowest BCUT2D eigenvalue weighted by atomic mass is 9.74. The van der Waals surface area contributed by atoms with Gasteiger partial charge in [-0.1, -0.05) is 42.5 Å². The zero-order valence-electron chi connectivity index (χ0n) is 15.1. The molecule has 0 bridgehead atoms. The van der Waals surface area contributed by atoms with E-state index in [-0.39, 0.29) is 17.5 Å². The highest BCUT2D eigenvalue weighted by Crippen LogP contribution is 2.34. The monoisotopic (exact) mass is 409 g/mol. The van der Waals surface area contributed by atoms with Crippen molar-refractivity contribution in [2.24, 2.45) is 0 Å². The number of carbonyl (C=O) groups excluding carboxylic acids is 1. The summed E-state index contributed by atoms with van der Waals surface area (Å²) >= 11 is 0. The van der Waals surface area contributed by atoms with Crippen LogP contribution in [-0.4, -0.2) is 39.8 Å². The van der Waals surface area contributed by atoms with E-state index in [2.05, 4.69) is 5.32 Å². The van der Waals surface area contributed by atoms with Crippen LogP contribution >= 0.6 is 0 Å². The van der Waals surface area contributed by atoms with E-state index in [0.717, 1.165) is 11.6 Å². The summed E-state index contributed by atoms with van der Waals surface area (Å²) in [5.41, 5.74) is 0.413. The average Bonchev–Trinajstić information content (AvgIpc) is 2.73. The lowest BCUT2D eigenvalue weighted by Crippen LogP contribution is -2.44. The second kappa shape index (κ2) is 8.36. The van der Waals surface area contributed by atoms with E-state index in [4.69, 9.17) is 4.74 Å². The molecular weight excluding hydrogens is 388 g/mol. The van der Waals surface area contributed by atoms with E-state index < -0.39 is 26.4 Å². The Morgan fingerprint density at radius 1 is 1.04 bits per heavy atom. The molecule has 5 nitrogen and oxygen atoms in total. The fraction of sp³-hybridized carbons (Fsp3) is 0.350. The van der Waals surface area contributed by atoms with Crippen LogP contribution in [-0.2, 0) is 20.0 Å². The largest absolute Gasteiger partial charge is 0.381 e. The molecule has 1 aliphatic heterocycles. The van der Waals surface area contributed by atoms with Gasteiger partial charge < -0.3 is 10.1 Å². The molecule has 2 aromatic rings. The van der Waals surface area contributed by atoms with Gasteiger partial charge in [-0.3, -0.25) is 4.79 Å². The Morgan fingerprint density at radius 3 is 2.29 bits per heavy atom. The standard InChI is InChI=1S/C20H21F2NO4S/c21-19(22)28(25,26)17-9-5-4-8-16(17)18(24)23-14-20(10-12-27-13-11-20)15-6-2-1-3-7-15/h1-9,19H,10-14H2,(H,23,24). The van der Waals surface area contributed by atoms with E-state index in [1.165, 1.54) is 18.2 Å². The molecule has 1 amide bonds. The molecular formula is C20H21F2NO4S. The van der Waals surface area contributed by atoms with Crippen LogP contribution in [0.2, 0.25) is 0 Å². The van der Waals surface area contributed by atoms with E-state index in [1.807, 2.05) is 30.3 Å². The smallest absolute Gasteiger partial charge is 0.341 e. The van der Waals surface area contributed by atoms with Crippen LogP contribution in [0.25, 0.3) is 0 Å². The summed E-state index contributed by atoms with van der Waals surface area (Å²) in [5.74, 6) is -4.28. The maximum atomic E-state index is 13.0. The Kier molecular flexibility index (Phi) is 6.10. The minimum Gasteiger partial charge on any atom is -0.381 e. The Hall–Kier alpha value is -2.32. The summed E-state index contributed by atoms with van der Waals surface area (Å²) in [4.78, 5) is 12.0. The van der Waals surface area contributed by atoms with Crippen LogP contribution < -0.4 is 5.32 Å². The molecule has 1 aliphatic rings. The molecule has 0 saturated carbocycles. The van der Waals surface area contributed by atoms with Crippen LogP contribution in [0, 0.1) is 0 Å². The van der Waals surface area contributed by atoms with Crippen molar-refractivity contribution in [3.05, 3.63) is 65.7 Å². The Labute approximate surface area is 162 Å². The summed E-state index contributed by atoms with van der Waals surface area (Å²) in [6, 6.07) is 14.7. The average molecular weight is 409 g/mol. The van der Waals surface area contributed by atoms with Gasteiger partial charge in [0.1, 0.15) is 0 Å². The van der Waals surface area contributed by atoms with Gasteiger partial charge in [0.25, 0.3) is 5.91 Å². The van der Waals surface area contributed by atoms with Crippen molar-refractivity contribution < 1.29 is 26.7 Å². The van der Waals surface area contributed by atoms with Crippen LogP contribution in [0.4, 0.5) is 8.78 Å². The number of ether oxygens (including phenoxy) is 1. The Bertz CT molecular complexity index is 926. The first kappa shape index (κ1) is 20.4. The van der Waals surface area contributed by atoms with Gasteiger partial charge in [-0.2, -0.15) is 8.78 Å². The quantitative estimate of drug-likeness (QED) is 0.796. The third-order valence-corrected chi connectivity index (χ3v) is 6.53. The predicted molar refractivity (Wildman–Crippen MR) is 100 cm³/mol.